The molecule has 0 spiro atoms. The normalized spacial score (nSPS) is 11.5. The van der Waals surface area contributed by atoms with Crippen LogP contribution in [0, 0.1) is 5.41 Å². The van der Waals surface area contributed by atoms with Crippen LogP contribution in [0.3, 0.4) is 0 Å². The number of hydrogen-bond donors (Lipinski definition) is 1. The average molecular weight is 208 g/mol. The number of hydrogen-bond acceptors (Lipinski definition) is 3. The first-order valence-electron chi connectivity index (χ1n) is 5.19. The van der Waals surface area contributed by atoms with E-state index in [0.29, 0.717) is 0 Å². The summed E-state index contributed by atoms with van der Waals surface area (Å²) in [5.74, 6) is 0.946. The third-order valence-corrected chi connectivity index (χ3v) is 2.09. The van der Waals surface area contributed by atoms with Gasteiger partial charge in [-0.25, -0.2) is 4.98 Å². The van der Waals surface area contributed by atoms with Crippen molar-refractivity contribution in [3.05, 3.63) is 23.9 Å². The van der Waals surface area contributed by atoms with Crippen molar-refractivity contribution in [3.63, 3.8) is 0 Å². The van der Waals surface area contributed by atoms with Gasteiger partial charge in [0.1, 0.15) is 5.82 Å². The van der Waals surface area contributed by atoms with Crippen LogP contribution in [-0.4, -0.2) is 23.7 Å². The maximum absolute atomic E-state index is 8.90. The predicted molar refractivity (Wildman–Crippen MR) is 62.9 cm³/mol. The minimum atomic E-state index is 0.0519. The smallest absolute Gasteiger partial charge is 0.128 e. The largest absolute Gasteiger partial charge is 0.392 e. The summed E-state index contributed by atoms with van der Waals surface area (Å²) in [5, 5.41) is 8.90. The molecule has 1 N–H and O–H groups in total. The fourth-order valence-electron chi connectivity index (χ4n) is 1.53. The molecule has 1 heterocycles. The number of aromatic nitrogens is 1. The Balaban J connectivity index is 2.70. The second-order valence-electron chi connectivity index (χ2n) is 5.10. The molecular formula is C12H20N2O. The molecule has 0 aromatic carbocycles. The number of rotatable bonds is 3. The van der Waals surface area contributed by atoms with Gasteiger partial charge in [0.2, 0.25) is 0 Å². The first kappa shape index (κ1) is 12.0. The van der Waals surface area contributed by atoms with Crippen molar-refractivity contribution in [3.8, 4) is 0 Å². The monoisotopic (exact) mass is 208 g/mol. The standard InChI is InChI=1S/C12H20N2O/c1-12(2,3)9-14(4)11-6-5-10(8-15)7-13-11/h5-7,15H,8-9H2,1-4H3. The number of anilines is 1. The minimum Gasteiger partial charge on any atom is -0.392 e. The van der Waals surface area contributed by atoms with Crippen LogP contribution in [0.4, 0.5) is 5.82 Å². The first-order chi connectivity index (χ1) is 6.92. The Morgan fingerprint density at radius 1 is 1.33 bits per heavy atom. The lowest BCUT2D eigenvalue weighted by molar-refractivity contribution is 0.281. The quantitative estimate of drug-likeness (QED) is 0.826. The Morgan fingerprint density at radius 3 is 2.40 bits per heavy atom. The van der Waals surface area contributed by atoms with E-state index in [1.807, 2.05) is 19.2 Å². The van der Waals surface area contributed by atoms with Gasteiger partial charge >= 0.3 is 0 Å². The van der Waals surface area contributed by atoms with E-state index in [0.717, 1.165) is 17.9 Å². The predicted octanol–water partition coefficient (Wildman–Crippen LogP) is 2.06. The Bertz CT molecular complexity index is 300. The van der Waals surface area contributed by atoms with Crippen LogP contribution < -0.4 is 4.90 Å². The van der Waals surface area contributed by atoms with Crippen LogP contribution in [0.25, 0.3) is 0 Å². The lowest BCUT2D eigenvalue weighted by Gasteiger charge is -2.27. The molecule has 1 rings (SSSR count). The van der Waals surface area contributed by atoms with E-state index >= 15 is 0 Å². The molecule has 0 aliphatic carbocycles. The van der Waals surface area contributed by atoms with Crippen LogP contribution in [0.2, 0.25) is 0 Å². The van der Waals surface area contributed by atoms with Crippen molar-refractivity contribution >= 4 is 5.82 Å². The molecule has 3 nitrogen and oxygen atoms in total. The Hall–Kier alpha value is -1.09. The molecule has 0 saturated carbocycles. The van der Waals surface area contributed by atoms with Crippen LogP contribution in [0.15, 0.2) is 18.3 Å². The SMILES string of the molecule is CN(CC(C)(C)C)c1ccc(CO)cn1. The minimum absolute atomic E-state index is 0.0519. The molecule has 0 radical (unpaired) electrons. The molecule has 0 atom stereocenters. The highest BCUT2D eigenvalue weighted by atomic mass is 16.3. The van der Waals surface area contributed by atoms with Crippen molar-refractivity contribution in [1.29, 1.82) is 0 Å². The van der Waals surface area contributed by atoms with Gasteiger partial charge in [-0.3, -0.25) is 0 Å². The zero-order chi connectivity index (χ0) is 11.5. The summed E-state index contributed by atoms with van der Waals surface area (Å²) in [4.78, 5) is 6.43. The van der Waals surface area contributed by atoms with Crippen molar-refractivity contribution in [2.75, 3.05) is 18.5 Å². The van der Waals surface area contributed by atoms with Gasteiger partial charge in [-0.1, -0.05) is 26.8 Å². The van der Waals surface area contributed by atoms with Crippen LogP contribution in [-0.2, 0) is 6.61 Å². The Kier molecular flexibility index (Phi) is 3.69. The molecule has 3 heteroatoms. The molecule has 0 unspecified atom stereocenters. The van der Waals surface area contributed by atoms with Gasteiger partial charge in [0.05, 0.1) is 6.61 Å². The molecular weight excluding hydrogens is 188 g/mol. The molecule has 0 saturated heterocycles. The van der Waals surface area contributed by atoms with Crippen molar-refractivity contribution in [2.24, 2.45) is 5.41 Å². The molecule has 0 fully saturated rings. The number of aliphatic hydroxyl groups excluding tert-OH is 1. The van der Waals surface area contributed by atoms with E-state index in [-0.39, 0.29) is 12.0 Å². The summed E-state index contributed by atoms with van der Waals surface area (Å²) in [7, 11) is 2.03. The highest BCUT2D eigenvalue weighted by molar-refractivity contribution is 5.38. The van der Waals surface area contributed by atoms with E-state index in [9.17, 15) is 0 Å². The maximum atomic E-state index is 8.90. The van der Waals surface area contributed by atoms with E-state index in [4.69, 9.17) is 5.11 Å². The number of pyridine rings is 1. The van der Waals surface area contributed by atoms with Gasteiger partial charge in [0.15, 0.2) is 0 Å². The van der Waals surface area contributed by atoms with E-state index in [1.165, 1.54) is 0 Å². The van der Waals surface area contributed by atoms with Gasteiger partial charge < -0.3 is 10.0 Å². The van der Waals surface area contributed by atoms with E-state index in [1.54, 1.807) is 6.20 Å². The van der Waals surface area contributed by atoms with E-state index in [2.05, 4.69) is 30.7 Å². The zero-order valence-corrected chi connectivity index (χ0v) is 9.99. The van der Waals surface area contributed by atoms with Crippen molar-refractivity contribution in [1.82, 2.24) is 4.98 Å². The summed E-state index contributed by atoms with van der Waals surface area (Å²) in [6.45, 7) is 7.61. The van der Waals surface area contributed by atoms with Crippen LogP contribution in [0.1, 0.15) is 26.3 Å². The average Bonchev–Trinajstić information content (AvgIpc) is 2.15. The third-order valence-electron chi connectivity index (χ3n) is 2.09. The number of aliphatic hydroxyl groups is 1. The van der Waals surface area contributed by atoms with Gasteiger partial charge in [-0.05, 0) is 17.0 Å². The first-order valence-corrected chi connectivity index (χ1v) is 5.19. The van der Waals surface area contributed by atoms with Gasteiger partial charge in [-0.2, -0.15) is 0 Å². The van der Waals surface area contributed by atoms with Crippen molar-refractivity contribution in [2.45, 2.75) is 27.4 Å². The molecule has 84 valence electrons. The lowest BCUT2D eigenvalue weighted by atomic mass is 9.96. The second kappa shape index (κ2) is 4.62. The van der Waals surface area contributed by atoms with Gasteiger partial charge in [-0.15, -0.1) is 0 Å². The van der Waals surface area contributed by atoms with Gasteiger partial charge in [0, 0.05) is 19.8 Å². The molecule has 0 aliphatic rings. The molecule has 15 heavy (non-hydrogen) atoms. The van der Waals surface area contributed by atoms with Crippen LogP contribution in [0.5, 0.6) is 0 Å². The fraction of sp³-hybridized carbons (Fsp3) is 0.583. The van der Waals surface area contributed by atoms with Crippen LogP contribution >= 0.6 is 0 Å². The molecule has 1 aromatic rings. The summed E-state index contributed by atoms with van der Waals surface area (Å²) in [6.07, 6.45) is 1.72. The van der Waals surface area contributed by atoms with Gasteiger partial charge in [0.25, 0.3) is 0 Å². The molecule has 0 aliphatic heterocycles. The second-order valence-corrected chi connectivity index (χ2v) is 5.10. The zero-order valence-electron chi connectivity index (χ0n) is 9.99. The highest BCUT2D eigenvalue weighted by Crippen LogP contribution is 2.18. The maximum Gasteiger partial charge on any atom is 0.128 e. The third kappa shape index (κ3) is 3.88. The summed E-state index contributed by atoms with van der Waals surface area (Å²) in [6, 6.07) is 3.85. The summed E-state index contributed by atoms with van der Waals surface area (Å²) in [5.41, 5.74) is 1.11. The molecule has 1 aromatic heterocycles. The fourth-order valence-corrected chi connectivity index (χ4v) is 1.53. The van der Waals surface area contributed by atoms with E-state index < -0.39 is 0 Å². The Morgan fingerprint density at radius 2 is 2.00 bits per heavy atom. The lowest BCUT2D eigenvalue weighted by Crippen LogP contribution is -2.29. The Labute approximate surface area is 91.8 Å². The number of nitrogens with zero attached hydrogens (tertiary/aromatic N) is 2. The molecule has 0 bridgehead atoms. The van der Waals surface area contributed by atoms with Crippen molar-refractivity contribution < 1.29 is 5.11 Å². The summed E-state index contributed by atoms with van der Waals surface area (Å²) >= 11 is 0. The molecule has 0 amide bonds. The summed E-state index contributed by atoms with van der Waals surface area (Å²) < 4.78 is 0. The highest BCUT2D eigenvalue weighted by Gasteiger charge is 2.14. The topological polar surface area (TPSA) is 36.4 Å².